The van der Waals surface area contributed by atoms with Gasteiger partial charge in [-0.25, -0.2) is 0 Å². The number of primary amides is 2. The van der Waals surface area contributed by atoms with Crippen molar-refractivity contribution in [2.24, 2.45) is 11.5 Å². The Balaban J connectivity index is 4.13. The van der Waals surface area contributed by atoms with Gasteiger partial charge in [-0.15, -0.1) is 0 Å². The maximum absolute atomic E-state index is 10.3. The van der Waals surface area contributed by atoms with Crippen LogP contribution in [0.4, 0.5) is 0 Å². The van der Waals surface area contributed by atoms with Crippen LogP contribution in [-0.4, -0.2) is 16.1 Å². The highest BCUT2D eigenvalue weighted by Crippen LogP contribution is 2.23. The number of alkyl halides is 2. The average molecular weight is 185 g/mol. The molecule has 0 atom stereocenters. The summed E-state index contributed by atoms with van der Waals surface area (Å²) in [5, 5.41) is 0. The summed E-state index contributed by atoms with van der Waals surface area (Å²) in [6.07, 6.45) is -0.467. The zero-order valence-corrected chi connectivity index (χ0v) is 6.45. The van der Waals surface area contributed by atoms with Crippen molar-refractivity contribution in [3.8, 4) is 0 Å². The summed E-state index contributed by atoms with van der Waals surface area (Å²) < 4.78 is -1.87. The van der Waals surface area contributed by atoms with Crippen molar-refractivity contribution in [3.05, 3.63) is 0 Å². The van der Waals surface area contributed by atoms with Crippen molar-refractivity contribution < 1.29 is 9.59 Å². The SMILES string of the molecule is NC(=O)CC(Cl)(Cl)C(N)=O. The Bertz CT molecular complexity index is 169. The molecule has 58 valence electrons. The van der Waals surface area contributed by atoms with E-state index in [4.69, 9.17) is 34.7 Å². The van der Waals surface area contributed by atoms with E-state index in [1.807, 2.05) is 0 Å². The fraction of sp³-hybridized carbons (Fsp3) is 0.500. The molecule has 10 heavy (non-hydrogen) atoms. The minimum absolute atomic E-state index is 0.467. The standard InChI is InChI=1S/C4H6Cl2N2O2/c5-4(6,3(8)10)1-2(7)9/h1H2,(H2,7,9)(H2,8,10). The van der Waals surface area contributed by atoms with Crippen molar-refractivity contribution in [2.45, 2.75) is 10.8 Å². The van der Waals surface area contributed by atoms with Crippen LogP contribution in [-0.2, 0) is 9.59 Å². The number of hydrogen-bond acceptors (Lipinski definition) is 2. The van der Waals surface area contributed by atoms with Gasteiger partial charge in [-0.2, -0.15) is 0 Å². The van der Waals surface area contributed by atoms with Gasteiger partial charge in [0, 0.05) is 0 Å². The minimum Gasteiger partial charge on any atom is -0.370 e. The molecule has 0 aromatic heterocycles. The monoisotopic (exact) mass is 184 g/mol. The van der Waals surface area contributed by atoms with Crippen LogP contribution in [0.3, 0.4) is 0 Å². The fourth-order valence-electron chi connectivity index (χ4n) is 0.306. The summed E-state index contributed by atoms with van der Waals surface area (Å²) in [5.74, 6) is -1.75. The van der Waals surface area contributed by atoms with E-state index in [1.165, 1.54) is 0 Å². The molecule has 0 saturated carbocycles. The summed E-state index contributed by atoms with van der Waals surface area (Å²) in [5.41, 5.74) is 9.41. The topological polar surface area (TPSA) is 86.2 Å². The summed E-state index contributed by atoms with van der Waals surface area (Å²) in [6, 6.07) is 0. The third-order valence-corrected chi connectivity index (χ3v) is 1.40. The number of carbonyl (C=O) groups is 2. The second kappa shape index (κ2) is 3.07. The normalized spacial score (nSPS) is 11.0. The van der Waals surface area contributed by atoms with Crippen LogP contribution in [0, 0.1) is 0 Å². The molecule has 0 unspecified atom stereocenters. The van der Waals surface area contributed by atoms with E-state index < -0.39 is 22.6 Å². The van der Waals surface area contributed by atoms with E-state index in [1.54, 1.807) is 0 Å². The van der Waals surface area contributed by atoms with Crippen molar-refractivity contribution in [1.29, 1.82) is 0 Å². The molecule has 0 bridgehead atoms. The molecule has 0 aromatic rings. The van der Waals surface area contributed by atoms with Gasteiger partial charge in [-0.05, 0) is 0 Å². The molecule has 0 aliphatic rings. The van der Waals surface area contributed by atoms with Crippen LogP contribution < -0.4 is 11.5 Å². The highest BCUT2D eigenvalue weighted by molar-refractivity contribution is 6.58. The Kier molecular flexibility index (Phi) is 2.93. The zero-order chi connectivity index (χ0) is 8.36. The van der Waals surface area contributed by atoms with Gasteiger partial charge in [0.15, 0.2) is 0 Å². The van der Waals surface area contributed by atoms with Gasteiger partial charge in [0.1, 0.15) is 0 Å². The molecule has 0 rings (SSSR count). The van der Waals surface area contributed by atoms with E-state index in [0.717, 1.165) is 0 Å². The summed E-state index contributed by atoms with van der Waals surface area (Å²) in [4.78, 5) is 20.5. The lowest BCUT2D eigenvalue weighted by Crippen LogP contribution is -2.37. The molecule has 0 aromatic carbocycles. The van der Waals surface area contributed by atoms with Crippen molar-refractivity contribution in [1.82, 2.24) is 0 Å². The number of nitrogens with two attached hydrogens (primary N) is 2. The molecule has 6 heteroatoms. The number of amides is 2. The maximum atomic E-state index is 10.3. The molecule has 2 amide bonds. The van der Waals surface area contributed by atoms with Crippen LogP contribution >= 0.6 is 23.2 Å². The predicted molar refractivity (Wildman–Crippen MR) is 37.4 cm³/mol. The Hall–Kier alpha value is -0.480. The second-order valence-corrected chi connectivity index (χ2v) is 3.20. The number of hydrogen-bond donors (Lipinski definition) is 2. The van der Waals surface area contributed by atoms with Crippen molar-refractivity contribution >= 4 is 35.0 Å². The first-order valence-corrected chi connectivity index (χ1v) is 3.08. The Morgan fingerprint density at radius 2 is 1.70 bits per heavy atom. The Morgan fingerprint density at radius 3 is 1.80 bits per heavy atom. The van der Waals surface area contributed by atoms with Crippen LogP contribution in [0.15, 0.2) is 0 Å². The van der Waals surface area contributed by atoms with Crippen LogP contribution in [0.1, 0.15) is 6.42 Å². The van der Waals surface area contributed by atoms with Crippen molar-refractivity contribution in [3.63, 3.8) is 0 Å². The quantitative estimate of drug-likeness (QED) is 0.581. The molecule has 0 heterocycles. The van der Waals surface area contributed by atoms with Crippen LogP contribution in [0.25, 0.3) is 0 Å². The molecule has 0 spiro atoms. The van der Waals surface area contributed by atoms with Gasteiger partial charge < -0.3 is 11.5 Å². The van der Waals surface area contributed by atoms with Gasteiger partial charge in [-0.1, -0.05) is 23.2 Å². The van der Waals surface area contributed by atoms with Gasteiger partial charge in [0.25, 0.3) is 5.91 Å². The largest absolute Gasteiger partial charge is 0.370 e. The molecule has 0 saturated heterocycles. The van der Waals surface area contributed by atoms with Gasteiger partial charge >= 0.3 is 0 Å². The first-order valence-electron chi connectivity index (χ1n) is 2.32. The lowest BCUT2D eigenvalue weighted by molar-refractivity contribution is -0.123. The summed E-state index contributed by atoms with van der Waals surface area (Å²) in [7, 11) is 0. The molecule has 4 nitrogen and oxygen atoms in total. The smallest absolute Gasteiger partial charge is 0.254 e. The first-order chi connectivity index (χ1) is 4.36. The number of halogens is 2. The Labute approximate surface area is 67.4 Å². The summed E-state index contributed by atoms with van der Waals surface area (Å²) >= 11 is 10.5. The first kappa shape index (κ1) is 9.52. The molecule has 0 radical (unpaired) electrons. The van der Waals surface area contributed by atoms with Crippen molar-refractivity contribution in [2.75, 3.05) is 0 Å². The lowest BCUT2D eigenvalue weighted by Gasteiger charge is -2.11. The van der Waals surface area contributed by atoms with Gasteiger partial charge in [0.05, 0.1) is 6.42 Å². The molecular weight excluding hydrogens is 179 g/mol. The highest BCUT2D eigenvalue weighted by Gasteiger charge is 2.33. The molecule has 0 aliphatic carbocycles. The highest BCUT2D eigenvalue weighted by atomic mass is 35.5. The third-order valence-electron chi connectivity index (χ3n) is 0.757. The summed E-state index contributed by atoms with van der Waals surface area (Å²) in [6.45, 7) is 0. The minimum atomic E-state index is -1.87. The van der Waals surface area contributed by atoms with Crippen LogP contribution in [0.5, 0.6) is 0 Å². The third kappa shape index (κ3) is 2.89. The van der Waals surface area contributed by atoms with E-state index in [9.17, 15) is 9.59 Å². The van der Waals surface area contributed by atoms with E-state index in [0.29, 0.717) is 0 Å². The lowest BCUT2D eigenvalue weighted by atomic mass is 10.3. The average Bonchev–Trinajstić information content (AvgIpc) is 1.60. The van der Waals surface area contributed by atoms with E-state index >= 15 is 0 Å². The molecule has 4 N–H and O–H groups in total. The second-order valence-electron chi connectivity index (χ2n) is 1.71. The van der Waals surface area contributed by atoms with Crippen LogP contribution in [0.2, 0.25) is 0 Å². The molecule has 0 fully saturated rings. The Morgan fingerprint density at radius 1 is 1.30 bits per heavy atom. The molecule has 0 aliphatic heterocycles. The number of carbonyl (C=O) groups excluding carboxylic acids is 2. The fourth-order valence-corrected chi connectivity index (χ4v) is 0.569. The van der Waals surface area contributed by atoms with E-state index in [-0.39, 0.29) is 0 Å². The zero-order valence-electron chi connectivity index (χ0n) is 4.93. The van der Waals surface area contributed by atoms with E-state index in [2.05, 4.69) is 0 Å². The molecular formula is C4H6Cl2N2O2. The predicted octanol–water partition coefficient (Wildman–Crippen LogP) is -0.479. The van der Waals surface area contributed by atoms with Gasteiger partial charge in [0.2, 0.25) is 10.2 Å². The number of rotatable bonds is 3. The maximum Gasteiger partial charge on any atom is 0.254 e. The van der Waals surface area contributed by atoms with Gasteiger partial charge in [-0.3, -0.25) is 9.59 Å².